The molecule has 196 valence electrons. The number of benzene rings is 3. The van der Waals surface area contributed by atoms with Gasteiger partial charge in [-0.25, -0.2) is 0 Å². The average Bonchev–Trinajstić information content (AvgIpc) is 2.85. The highest BCUT2D eigenvalue weighted by Gasteiger charge is 2.21. The molecule has 6 nitrogen and oxygen atoms in total. The minimum absolute atomic E-state index is 0.0567. The molecule has 37 heavy (non-hydrogen) atoms. The minimum Gasteiger partial charge on any atom is -0.497 e. The number of carbonyl (C=O) groups excluding carboxylic acids is 1. The van der Waals surface area contributed by atoms with Crippen molar-refractivity contribution in [2.45, 2.75) is 59.6 Å². The van der Waals surface area contributed by atoms with Gasteiger partial charge in [0.1, 0.15) is 18.1 Å². The Morgan fingerprint density at radius 2 is 1.57 bits per heavy atom. The number of carboxylic acid groups (broad SMARTS) is 1. The molecule has 2 N–H and O–H groups in total. The Kier molecular flexibility index (Phi) is 9.72. The normalized spacial score (nSPS) is 11.7. The molecule has 0 saturated carbocycles. The van der Waals surface area contributed by atoms with Gasteiger partial charge in [0.15, 0.2) is 0 Å². The Balaban J connectivity index is 1.86. The standard InChI is InChI=1S/C31H37NO5/c1-20(2)14-29(25-16-21(3)15-22(4)17-25)32-31(35)28-18-27(12-8-24(28)9-13-30(33)34)37-19-23-6-10-26(36-5)11-7-23/h6-8,10-12,15-18,20,29H,9,13-14,19H2,1-5H3,(H,32,35)(H,33,34). The van der Waals surface area contributed by atoms with E-state index in [1.54, 1.807) is 25.3 Å². The van der Waals surface area contributed by atoms with Gasteiger partial charge < -0.3 is 19.9 Å². The van der Waals surface area contributed by atoms with Gasteiger partial charge in [0.2, 0.25) is 0 Å². The number of rotatable bonds is 12. The van der Waals surface area contributed by atoms with Crippen LogP contribution in [-0.2, 0) is 17.8 Å². The second kappa shape index (κ2) is 12.9. The first-order valence-electron chi connectivity index (χ1n) is 12.6. The Morgan fingerprint density at radius 1 is 0.919 bits per heavy atom. The predicted molar refractivity (Wildman–Crippen MR) is 145 cm³/mol. The lowest BCUT2D eigenvalue weighted by molar-refractivity contribution is -0.136. The van der Waals surface area contributed by atoms with Gasteiger partial charge in [0.05, 0.1) is 13.2 Å². The predicted octanol–water partition coefficient (Wildman–Crippen LogP) is 6.43. The molecule has 0 saturated heterocycles. The summed E-state index contributed by atoms with van der Waals surface area (Å²) < 4.78 is 11.2. The van der Waals surface area contributed by atoms with Crippen molar-refractivity contribution in [2.24, 2.45) is 5.92 Å². The number of nitrogens with one attached hydrogen (secondary N) is 1. The molecule has 1 amide bonds. The smallest absolute Gasteiger partial charge is 0.303 e. The molecule has 0 spiro atoms. The van der Waals surface area contributed by atoms with Crippen LogP contribution in [0.5, 0.6) is 11.5 Å². The maximum absolute atomic E-state index is 13.6. The number of hydrogen-bond donors (Lipinski definition) is 2. The quantitative estimate of drug-likeness (QED) is 0.298. The second-order valence-electron chi connectivity index (χ2n) is 9.93. The van der Waals surface area contributed by atoms with Gasteiger partial charge in [-0.2, -0.15) is 0 Å². The van der Waals surface area contributed by atoms with Crippen LogP contribution in [0.2, 0.25) is 0 Å². The Labute approximate surface area is 219 Å². The molecule has 0 fully saturated rings. The lowest BCUT2D eigenvalue weighted by Gasteiger charge is -2.23. The van der Waals surface area contributed by atoms with E-state index in [9.17, 15) is 14.7 Å². The molecule has 3 aromatic rings. The van der Waals surface area contributed by atoms with Crippen LogP contribution < -0.4 is 14.8 Å². The molecule has 0 aliphatic carbocycles. The number of carbonyl (C=O) groups is 2. The first-order valence-corrected chi connectivity index (χ1v) is 12.6. The summed E-state index contributed by atoms with van der Waals surface area (Å²) in [4.78, 5) is 24.9. The summed E-state index contributed by atoms with van der Waals surface area (Å²) in [6, 6.07) is 19.0. The van der Waals surface area contributed by atoms with Crippen LogP contribution in [0.3, 0.4) is 0 Å². The number of aryl methyl sites for hydroxylation is 3. The summed E-state index contributed by atoms with van der Waals surface area (Å²) >= 11 is 0. The van der Waals surface area contributed by atoms with Crippen molar-refractivity contribution in [1.29, 1.82) is 0 Å². The van der Waals surface area contributed by atoms with Crippen molar-refractivity contribution in [1.82, 2.24) is 5.32 Å². The second-order valence-corrected chi connectivity index (χ2v) is 9.93. The number of amides is 1. The zero-order chi connectivity index (χ0) is 26.9. The number of carboxylic acids is 1. The van der Waals surface area contributed by atoms with Crippen molar-refractivity contribution < 1.29 is 24.2 Å². The number of hydrogen-bond acceptors (Lipinski definition) is 4. The van der Waals surface area contributed by atoms with E-state index in [0.29, 0.717) is 29.4 Å². The van der Waals surface area contributed by atoms with Crippen LogP contribution in [0.15, 0.2) is 60.7 Å². The summed E-state index contributed by atoms with van der Waals surface area (Å²) in [6.45, 7) is 8.70. The molecule has 3 aromatic carbocycles. The van der Waals surface area contributed by atoms with Crippen LogP contribution in [0.25, 0.3) is 0 Å². The molecule has 1 atom stereocenters. The van der Waals surface area contributed by atoms with E-state index in [4.69, 9.17) is 9.47 Å². The van der Waals surface area contributed by atoms with Gasteiger partial charge >= 0.3 is 5.97 Å². The van der Waals surface area contributed by atoms with Crippen molar-refractivity contribution in [3.05, 3.63) is 94.0 Å². The van der Waals surface area contributed by atoms with E-state index in [0.717, 1.165) is 34.4 Å². The third kappa shape index (κ3) is 8.38. The van der Waals surface area contributed by atoms with E-state index in [2.05, 4.69) is 51.2 Å². The summed E-state index contributed by atoms with van der Waals surface area (Å²) in [7, 11) is 1.62. The van der Waals surface area contributed by atoms with Crippen LogP contribution >= 0.6 is 0 Å². The van der Waals surface area contributed by atoms with E-state index >= 15 is 0 Å². The molecule has 0 aromatic heterocycles. The SMILES string of the molecule is COc1ccc(COc2ccc(CCC(=O)O)c(C(=O)NC(CC(C)C)c3cc(C)cc(C)c3)c2)cc1. The highest BCUT2D eigenvalue weighted by Crippen LogP contribution is 2.26. The topological polar surface area (TPSA) is 84.9 Å². The maximum atomic E-state index is 13.6. The molecule has 0 bridgehead atoms. The fourth-order valence-electron chi connectivity index (χ4n) is 4.40. The lowest BCUT2D eigenvalue weighted by atomic mass is 9.93. The Morgan fingerprint density at radius 3 is 2.16 bits per heavy atom. The van der Waals surface area contributed by atoms with E-state index < -0.39 is 5.97 Å². The van der Waals surface area contributed by atoms with E-state index in [1.807, 2.05) is 24.3 Å². The first-order chi connectivity index (χ1) is 17.6. The summed E-state index contributed by atoms with van der Waals surface area (Å²) in [5.74, 6) is 0.549. The average molecular weight is 504 g/mol. The van der Waals surface area contributed by atoms with Gasteiger partial charge in [-0.1, -0.05) is 61.4 Å². The number of aliphatic carboxylic acids is 1. The van der Waals surface area contributed by atoms with Crippen molar-refractivity contribution in [3.8, 4) is 11.5 Å². The molecular formula is C31H37NO5. The first kappa shape index (κ1) is 27.8. The van der Waals surface area contributed by atoms with Gasteiger partial charge in [-0.3, -0.25) is 9.59 Å². The summed E-state index contributed by atoms with van der Waals surface area (Å²) in [6.07, 6.45) is 0.987. The summed E-state index contributed by atoms with van der Waals surface area (Å²) in [5.41, 5.74) is 5.45. The largest absolute Gasteiger partial charge is 0.497 e. The highest BCUT2D eigenvalue weighted by atomic mass is 16.5. The molecule has 0 aliphatic rings. The van der Waals surface area contributed by atoms with E-state index in [-0.39, 0.29) is 24.8 Å². The van der Waals surface area contributed by atoms with Gasteiger partial charge in [-0.15, -0.1) is 0 Å². The van der Waals surface area contributed by atoms with Gasteiger partial charge in [0, 0.05) is 12.0 Å². The minimum atomic E-state index is -0.904. The molecule has 0 radical (unpaired) electrons. The molecule has 0 heterocycles. The Hall–Kier alpha value is -3.80. The van der Waals surface area contributed by atoms with Crippen LogP contribution in [0.1, 0.15) is 70.9 Å². The fourth-order valence-corrected chi connectivity index (χ4v) is 4.40. The van der Waals surface area contributed by atoms with Crippen molar-refractivity contribution in [2.75, 3.05) is 7.11 Å². The third-order valence-corrected chi connectivity index (χ3v) is 6.16. The van der Waals surface area contributed by atoms with E-state index in [1.165, 1.54) is 0 Å². The molecule has 6 heteroatoms. The molecule has 3 rings (SSSR count). The van der Waals surface area contributed by atoms with Crippen LogP contribution in [0, 0.1) is 19.8 Å². The zero-order valence-electron chi connectivity index (χ0n) is 22.3. The number of methoxy groups -OCH3 is 1. The highest BCUT2D eigenvalue weighted by molar-refractivity contribution is 5.96. The van der Waals surface area contributed by atoms with Crippen molar-refractivity contribution in [3.63, 3.8) is 0 Å². The van der Waals surface area contributed by atoms with Crippen LogP contribution in [-0.4, -0.2) is 24.1 Å². The molecular weight excluding hydrogens is 466 g/mol. The lowest BCUT2D eigenvalue weighted by Crippen LogP contribution is -2.30. The monoisotopic (exact) mass is 503 g/mol. The summed E-state index contributed by atoms with van der Waals surface area (Å²) in [5, 5.41) is 12.4. The molecule has 1 unspecified atom stereocenters. The third-order valence-electron chi connectivity index (χ3n) is 6.16. The van der Waals surface area contributed by atoms with Gasteiger partial charge in [-0.05, 0) is 73.6 Å². The maximum Gasteiger partial charge on any atom is 0.303 e. The van der Waals surface area contributed by atoms with Crippen molar-refractivity contribution >= 4 is 11.9 Å². The molecule has 0 aliphatic heterocycles. The Bertz CT molecular complexity index is 1200. The fraction of sp³-hybridized carbons (Fsp3) is 0.355. The zero-order valence-corrected chi connectivity index (χ0v) is 22.3. The van der Waals surface area contributed by atoms with Crippen LogP contribution in [0.4, 0.5) is 0 Å². The van der Waals surface area contributed by atoms with Gasteiger partial charge in [0.25, 0.3) is 5.91 Å². The number of ether oxygens (including phenoxy) is 2.